The van der Waals surface area contributed by atoms with Crippen LogP contribution in [0.25, 0.3) is 0 Å². The maximum Gasteiger partial charge on any atom is 0.324 e. The van der Waals surface area contributed by atoms with Crippen molar-refractivity contribution in [3.63, 3.8) is 0 Å². The molecule has 5 nitrogen and oxygen atoms in total. The number of hydrogen-bond donors (Lipinski definition) is 3. The van der Waals surface area contributed by atoms with Crippen LogP contribution in [0.2, 0.25) is 0 Å². The molecule has 2 fully saturated rings. The number of carboxylic acid groups (broad SMARTS) is 2. The van der Waals surface area contributed by atoms with E-state index in [1.165, 1.54) is 0 Å². The van der Waals surface area contributed by atoms with Crippen LogP contribution in [-0.4, -0.2) is 27.7 Å². The zero-order valence-corrected chi connectivity index (χ0v) is 6.93. The summed E-state index contributed by atoms with van der Waals surface area (Å²) in [5.41, 5.74) is 4.37. The van der Waals surface area contributed by atoms with E-state index in [1.54, 1.807) is 0 Å². The third-order valence-electron chi connectivity index (χ3n) is 3.34. The molecule has 0 radical (unpaired) electrons. The quantitative estimate of drug-likeness (QED) is 0.541. The Morgan fingerprint density at radius 2 is 2.23 bits per heavy atom. The zero-order valence-electron chi connectivity index (χ0n) is 6.93. The molecule has 0 unspecified atom stereocenters. The van der Waals surface area contributed by atoms with Gasteiger partial charge < -0.3 is 15.9 Å². The fourth-order valence-corrected chi connectivity index (χ4v) is 2.59. The van der Waals surface area contributed by atoms with Crippen molar-refractivity contribution in [3.05, 3.63) is 0 Å². The van der Waals surface area contributed by atoms with Gasteiger partial charge in [0.05, 0.1) is 5.92 Å². The Balaban J connectivity index is 2.20. The van der Waals surface area contributed by atoms with Gasteiger partial charge in [0, 0.05) is 5.92 Å². The summed E-state index contributed by atoms with van der Waals surface area (Å²) >= 11 is 0. The second-order valence-corrected chi connectivity index (χ2v) is 3.94. The topological polar surface area (TPSA) is 101 Å². The van der Waals surface area contributed by atoms with Crippen LogP contribution < -0.4 is 5.73 Å². The minimum absolute atomic E-state index is 0.00130. The molecule has 4 atom stereocenters. The first-order valence-electron chi connectivity index (χ1n) is 4.23. The van der Waals surface area contributed by atoms with Gasteiger partial charge in [-0.2, -0.15) is 0 Å². The summed E-state index contributed by atoms with van der Waals surface area (Å²) in [6, 6.07) is 0. The zero-order chi connectivity index (χ0) is 9.80. The Morgan fingerprint density at radius 1 is 1.62 bits per heavy atom. The number of hydrogen-bond acceptors (Lipinski definition) is 3. The minimum atomic E-state index is -1.28. The second kappa shape index (κ2) is 2.23. The Kier molecular flexibility index (Phi) is 1.46. The van der Waals surface area contributed by atoms with E-state index in [0.29, 0.717) is 12.8 Å². The largest absolute Gasteiger partial charge is 0.481 e. The summed E-state index contributed by atoms with van der Waals surface area (Å²) in [7, 11) is 0. The number of carboxylic acids is 2. The fourth-order valence-electron chi connectivity index (χ4n) is 2.59. The lowest BCUT2D eigenvalue weighted by molar-refractivity contribution is -0.145. The van der Waals surface area contributed by atoms with E-state index in [9.17, 15) is 9.59 Å². The average molecular weight is 187 g/mol. The predicted molar refractivity (Wildman–Crippen MR) is 41.9 cm³/mol. The normalized spacial score (nSPS) is 47.0. The summed E-state index contributed by atoms with van der Waals surface area (Å²) in [6.45, 7) is 0. The van der Waals surface area contributed by atoms with Gasteiger partial charge in [-0.15, -0.1) is 0 Å². The summed E-state index contributed by atoms with van der Waals surface area (Å²) in [4.78, 5) is 21.4. The Hall–Kier alpha value is -1.10. The first-order valence-corrected chi connectivity index (χ1v) is 4.23. The lowest BCUT2D eigenvalue weighted by atomic mass is 10.0. The van der Waals surface area contributed by atoms with Crippen molar-refractivity contribution in [2.24, 2.45) is 23.5 Å². The van der Waals surface area contributed by atoms with E-state index in [4.69, 9.17) is 15.9 Å². The minimum Gasteiger partial charge on any atom is -0.481 e. The molecule has 5 heteroatoms. The molecule has 13 heavy (non-hydrogen) atoms. The Morgan fingerprint density at radius 3 is 2.62 bits per heavy atom. The lowest BCUT2D eigenvalue weighted by Gasteiger charge is -2.20. The third-order valence-corrected chi connectivity index (χ3v) is 3.34. The molecular formula is C8H11NO4. The van der Waals surface area contributed by atoms with Gasteiger partial charge in [-0.3, -0.25) is 9.59 Å². The van der Waals surface area contributed by atoms with Crippen molar-refractivity contribution in [1.82, 2.24) is 0 Å². The van der Waals surface area contributed by atoms with Crippen molar-refractivity contribution >= 4 is 11.9 Å². The monoisotopic (exact) mass is 187 g/mol. The molecule has 72 valence electrons. The summed E-state index contributed by atoms with van der Waals surface area (Å²) in [5.74, 6) is -2.84. The molecule has 2 saturated carbocycles. The summed E-state index contributed by atoms with van der Waals surface area (Å²) in [5, 5.41) is 17.6. The van der Waals surface area contributed by atoms with Gasteiger partial charge in [0.1, 0.15) is 5.54 Å². The highest BCUT2D eigenvalue weighted by Crippen LogP contribution is 2.61. The molecule has 0 spiro atoms. The maximum absolute atomic E-state index is 10.8. The SMILES string of the molecule is N[C@@]1([14C](=O)O)CC[C@H]2[C@H](C(=O)O)[C@H]21. The van der Waals surface area contributed by atoms with Gasteiger partial charge >= 0.3 is 11.9 Å². The van der Waals surface area contributed by atoms with Crippen molar-refractivity contribution in [1.29, 1.82) is 0 Å². The highest BCUT2D eigenvalue weighted by molar-refractivity contribution is 5.85. The predicted octanol–water partition coefficient (Wildman–Crippen LogP) is -0.491. The van der Waals surface area contributed by atoms with Crippen molar-refractivity contribution in [2.45, 2.75) is 18.4 Å². The number of aliphatic carboxylic acids is 2. The summed E-state index contributed by atoms with van der Waals surface area (Å²) < 4.78 is 0. The molecule has 2 aliphatic carbocycles. The van der Waals surface area contributed by atoms with Crippen LogP contribution in [-0.2, 0) is 9.59 Å². The second-order valence-electron chi connectivity index (χ2n) is 3.94. The maximum atomic E-state index is 10.8. The molecule has 2 rings (SSSR count). The van der Waals surface area contributed by atoms with Crippen LogP contribution in [0.4, 0.5) is 0 Å². The Bertz CT molecular complexity index is 290. The van der Waals surface area contributed by atoms with Crippen LogP contribution in [0.1, 0.15) is 12.8 Å². The van der Waals surface area contributed by atoms with Gasteiger partial charge in [0.2, 0.25) is 0 Å². The van der Waals surface area contributed by atoms with Crippen molar-refractivity contribution in [2.75, 3.05) is 0 Å². The highest BCUT2D eigenvalue weighted by atomic mass is 16.6. The van der Waals surface area contributed by atoms with Gasteiger partial charge in [-0.25, -0.2) is 0 Å². The smallest absolute Gasteiger partial charge is 0.324 e. The number of nitrogens with two attached hydrogens (primary N) is 1. The fraction of sp³-hybridized carbons (Fsp3) is 0.750. The van der Waals surface area contributed by atoms with Gasteiger partial charge in [-0.05, 0) is 18.8 Å². The van der Waals surface area contributed by atoms with Crippen molar-refractivity contribution in [3.8, 4) is 0 Å². The number of fused-ring (bicyclic) bond motifs is 1. The molecular weight excluding hydrogens is 176 g/mol. The molecule has 0 aromatic rings. The van der Waals surface area contributed by atoms with E-state index >= 15 is 0 Å². The standard InChI is InChI=1S/C8H11NO4/c9-8(7(12)13)2-1-3-4(5(3)8)6(10)11/h3-5H,1-2,9H2,(H,10,11)(H,12,13)/t3-,4-,5-,8-/m0/s1/i7+2. The van der Waals surface area contributed by atoms with Gasteiger partial charge in [0.25, 0.3) is 0 Å². The number of carbonyl (C=O) groups is 2. The molecule has 0 aromatic carbocycles. The van der Waals surface area contributed by atoms with E-state index in [-0.39, 0.29) is 11.8 Å². The molecule has 0 amide bonds. The first kappa shape index (κ1) is 8.50. The van der Waals surface area contributed by atoms with E-state index in [1.807, 2.05) is 0 Å². The third kappa shape index (κ3) is 0.904. The Labute approximate surface area is 74.5 Å². The molecule has 0 heterocycles. The van der Waals surface area contributed by atoms with E-state index in [2.05, 4.69) is 0 Å². The molecule has 4 N–H and O–H groups in total. The van der Waals surface area contributed by atoms with Crippen LogP contribution >= 0.6 is 0 Å². The van der Waals surface area contributed by atoms with Crippen LogP contribution in [0.15, 0.2) is 0 Å². The van der Waals surface area contributed by atoms with Crippen LogP contribution in [0.5, 0.6) is 0 Å². The van der Waals surface area contributed by atoms with E-state index < -0.39 is 23.4 Å². The molecule has 0 saturated heterocycles. The first-order chi connectivity index (χ1) is 5.98. The molecule has 0 aromatic heterocycles. The molecule has 0 bridgehead atoms. The summed E-state index contributed by atoms with van der Waals surface area (Å²) in [6.07, 6.45) is 1.03. The molecule has 0 aliphatic heterocycles. The lowest BCUT2D eigenvalue weighted by Crippen LogP contribution is -2.49. The van der Waals surface area contributed by atoms with E-state index in [0.717, 1.165) is 0 Å². The van der Waals surface area contributed by atoms with Crippen LogP contribution in [0.3, 0.4) is 0 Å². The average Bonchev–Trinajstić information content (AvgIpc) is 2.66. The number of rotatable bonds is 2. The van der Waals surface area contributed by atoms with Gasteiger partial charge in [0.15, 0.2) is 0 Å². The molecule has 2 aliphatic rings. The highest BCUT2D eigenvalue weighted by Gasteiger charge is 2.69. The van der Waals surface area contributed by atoms with Crippen LogP contribution in [0, 0.1) is 17.8 Å². The van der Waals surface area contributed by atoms with Crippen molar-refractivity contribution < 1.29 is 19.8 Å². The van der Waals surface area contributed by atoms with Gasteiger partial charge in [-0.1, -0.05) is 0 Å².